The van der Waals surface area contributed by atoms with Gasteiger partial charge < -0.3 is 5.32 Å². The van der Waals surface area contributed by atoms with Crippen LogP contribution in [0.2, 0.25) is 0 Å². The zero-order valence-electron chi connectivity index (χ0n) is 11.5. The van der Waals surface area contributed by atoms with Crippen molar-refractivity contribution in [1.82, 2.24) is 5.32 Å². The molecule has 0 aromatic heterocycles. The van der Waals surface area contributed by atoms with E-state index >= 15 is 0 Å². The maximum atomic E-state index is 3.70. The lowest BCUT2D eigenvalue weighted by atomic mass is 10.2. The van der Waals surface area contributed by atoms with Gasteiger partial charge in [0.1, 0.15) is 0 Å². The van der Waals surface area contributed by atoms with Gasteiger partial charge in [-0.05, 0) is 65.5 Å². The van der Waals surface area contributed by atoms with Crippen molar-refractivity contribution in [2.75, 3.05) is 0 Å². The largest absolute Gasteiger partial charge is 0.310 e. The van der Waals surface area contributed by atoms with Gasteiger partial charge in [-0.3, -0.25) is 0 Å². The van der Waals surface area contributed by atoms with Gasteiger partial charge in [-0.25, -0.2) is 0 Å². The summed E-state index contributed by atoms with van der Waals surface area (Å²) in [7, 11) is 0. The second kappa shape index (κ2) is 6.33. The van der Waals surface area contributed by atoms with Crippen LogP contribution in [-0.2, 0) is 6.54 Å². The molecular weight excluding hydrogens is 330 g/mol. The Hall–Kier alpha value is -0.770. The molecule has 20 heavy (non-hydrogen) atoms. The van der Waals surface area contributed by atoms with Crippen LogP contribution < -0.4 is 5.32 Å². The van der Waals surface area contributed by atoms with Crippen molar-refractivity contribution in [3.63, 3.8) is 0 Å². The molecule has 2 aromatic carbocycles. The summed E-state index contributed by atoms with van der Waals surface area (Å²) in [6.45, 7) is 3.10. The van der Waals surface area contributed by atoms with Crippen LogP contribution in [0.1, 0.15) is 24.0 Å². The highest BCUT2D eigenvalue weighted by molar-refractivity contribution is 9.10. The highest BCUT2D eigenvalue weighted by atomic mass is 79.9. The maximum Gasteiger partial charge on any atom is 0.0318 e. The van der Waals surface area contributed by atoms with Crippen LogP contribution in [-0.4, -0.2) is 6.04 Å². The number of hydrogen-bond donors (Lipinski definition) is 1. The highest BCUT2D eigenvalue weighted by Gasteiger charge is 2.19. The van der Waals surface area contributed by atoms with Crippen LogP contribution in [0.5, 0.6) is 0 Å². The molecule has 2 aromatic rings. The summed E-state index contributed by atoms with van der Waals surface area (Å²) >= 11 is 5.50. The van der Waals surface area contributed by atoms with Crippen molar-refractivity contribution in [2.45, 2.75) is 42.1 Å². The van der Waals surface area contributed by atoms with Crippen LogP contribution in [0.15, 0.2) is 56.7 Å². The van der Waals surface area contributed by atoms with Crippen molar-refractivity contribution in [1.29, 1.82) is 0 Å². The number of hydrogen-bond acceptors (Lipinski definition) is 2. The van der Waals surface area contributed by atoms with Crippen molar-refractivity contribution >= 4 is 27.7 Å². The predicted octanol–water partition coefficient (Wildman–Crippen LogP) is 5.16. The minimum atomic E-state index is 0.759. The highest BCUT2D eigenvalue weighted by Crippen LogP contribution is 2.34. The molecule has 0 unspecified atom stereocenters. The first kappa shape index (κ1) is 14.2. The summed E-state index contributed by atoms with van der Waals surface area (Å²) in [4.78, 5) is 2.56. The molecule has 104 valence electrons. The third-order valence-electron chi connectivity index (χ3n) is 3.39. The van der Waals surface area contributed by atoms with E-state index in [-0.39, 0.29) is 0 Å². The van der Waals surface area contributed by atoms with E-state index in [0.717, 1.165) is 12.6 Å². The summed E-state index contributed by atoms with van der Waals surface area (Å²) in [6.07, 6.45) is 2.67. The zero-order valence-corrected chi connectivity index (χ0v) is 13.9. The standard InChI is InChI=1S/C17H18BrNS/c1-12-3-2-4-15(9-12)20-17-8-5-13(10-16(17)18)11-19-14-6-7-14/h2-5,8-10,14,19H,6-7,11H2,1H3. The number of nitrogens with one attached hydrogen (secondary N) is 1. The van der Waals surface area contributed by atoms with Crippen LogP contribution in [0.4, 0.5) is 0 Å². The summed E-state index contributed by atoms with van der Waals surface area (Å²) < 4.78 is 1.18. The van der Waals surface area contributed by atoms with Gasteiger partial charge >= 0.3 is 0 Å². The molecule has 0 aliphatic heterocycles. The fourth-order valence-electron chi connectivity index (χ4n) is 2.09. The molecule has 0 bridgehead atoms. The number of benzene rings is 2. The van der Waals surface area contributed by atoms with Gasteiger partial charge in [0.15, 0.2) is 0 Å². The minimum Gasteiger partial charge on any atom is -0.310 e. The molecule has 1 nitrogen and oxygen atoms in total. The molecule has 1 fully saturated rings. The summed E-state index contributed by atoms with van der Waals surface area (Å²) in [5.74, 6) is 0. The second-order valence-electron chi connectivity index (χ2n) is 5.34. The molecule has 0 saturated heterocycles. The molecular formula is C17H18BrNS. The fourth-order valence-corrected chi connectivity index (χ4v) is 3.70. The Kier molecular flexibility index (Phi) is 4.49. The quantitative estimate of drug-likeness (QED) is 0.801. The van der Waals surface area contributed by atoms with Crippen LogP contribution in [0.25, 0.3) is 0 Å². The zero-order chi connectivity index (χ0) is 13.9. The van der Waals surface area contributed by atoms with Gasteiger partial charge in [-0.2, -0.15) is 0 Å². The van der Waals surface area contributed by atoms with E-state index in [1.807, 2.05) is 0 Å². The van der Waals surface area contributed by atoms with Crippen molar-refractivity contribution in [3.05, 3.63) is 58.1 Å². The Bertz CT molecular complexity index is 608. The smallest absolute Gasteiger partial charge is 0.0318 e. The molecule has 0 heterocycles. The molecule has 3 rings (SSSR count). The van der Waals surface area contributed by atoms with Crippen molar-refractivity contribution in [3.8, 4) is 0 Å². The van der Waals surface area contributed by atoms with Gasteiger partial charge in [0.25, 0.3) is 0 Å². The molecule has 0 amide bonds. The van der Waals surface area contributed by atoms with E-state index < -0.39 is 0 Å². The van der Waals surface area contributed by atoms with Gasteiger partial charge in [0.05, 0.1) is 0 Å². The fraction of sp³-hybridized carbons (Fsp3) is 0.294. The van der Waals surface area contributed by atoms with Crippen LogP contribution in [0.3, 0.4) is 0 Å². The van der Waals surface area contributed by atoms with E-state index in [4.69, 9.17) is 0 Å². The topological polar surface area (TPSA) is 12.0 Å². The van der Waals surface area contributed by atoms with Gasteiger partial charge in [-0.15, -0.1) is 0 Å². The monoisotopic (exact) mass is 347 g/mol. The van der Waals surface area contributed by atoms with Gasteiger partial charge in [0, 0.05) is 26.9 Å². The Balaban J connectivity index is 1.69. The summed E-state index contributed by atoms with van der Waals surface area (Å²) in [6, 6.07) is 16.0. The lowest BCUT2D eigenvalue weighted by Crippen LogP contribution is -2.15. The van der Waals surface area contributed by atoms with Crippen LogP contribution >= 0.6 is 27.7 Å². The molecule has 1 N–H and O–H groups in total. The minimum absolute atomic E-state index is 0.759. The molecule has 0 radical (unpaired) electrons. The SMILES string of the molecule is Cc1cccc(Sc2ccc(CNC3CC3)cc2Br)c1. The van der Waals surface area contributed by atoms with E-state index in [9.17, 15) is 0 Å². The number of aryl methyl sites for hydroxylation is 1. The summed E-state index contributed by atoms with van der Waals surface area (Å²) in [5, 5.41) is 3.55. The normalized spacial score (nSPS) is 14.5. The number of rotatable bonds is 5. The van der Waals surface area contributed by atoms with Crippen LogP contribution in [0, 0.1) is 6.92 Å². The first-order valence-electron chi connectivity index (χ1n) is 6.97. The van der Waals surface area contributed by atoms with Crippen molar-refractivity contribution < 1.29 is 0 Å². The first-order valence-corrected chi connectivity index (χ1v) is 8.58. The second-order valence-corrected chi connectivity index (χ2v) is 7.31. The first-order chi connectivity index (χ1) is 9.70. The van der Waals surface area contributed by atoms with E-state index in [1.165, 1.54) is 38.2 Å². The van der Waals surface area contributed by atoms with Gasteiger partial charge in [-0.1, -0.05) is 35.5 Å². The van der Waals surface area contributed by atoms with E-state index in [2.05, 4.69) is 70.6 Å². The average molecular weight is 348 g/mol. The third-order valence-corrected chi connectivity index (χ3v) is 5.37. The molecule has 1 aliphatic carbocycles. The number of halogens is 1. The predicted molar refractivity (Wildman–Crippen MR) is 89.3 cm³/mol. The maximum absolute atomic E-state index is 3.70. The molecule has 0 spiro atoms. The third kappa shape index (κ3) is 3.87. The lowest BCUT2D eigenvalue weighted by molar-refractivity contribution is 0.687. The molecule has 0 atom stereocenters. The molecule has 1 aliphatic rings. The molecule has 3 heteroatoms. The summed E-state index contributed by atoms with van der Waals surface area (Å²) in [5.41, 5.74) is 2.65. The Labute approximate surface area is 133 Å². The Morgan fingerprint density at radius 1 is 1.20 bits per heavy atom. The Morgan fingerprint density at radius 2 is 2.05 bits per heavy atom. The van der Waals surface area contributed by atoms with E-state index in [1.54, 1.807) is 11.8 Å². The average Bonchev–Trinajstić information content (AvgIpc) is 3.23. The van der Waals surface area contributed by atoms with E-state index in [0.29, 0.717) is 0 Å². The lowest BCUT2D eigenvalue weighted by Gasteiger charge is -2.08. The molecule has 1 saturated carbocycles. The Morgan fingerprint density at radius 3 is 2.75 bits per heavy atom. The van der Waals surface area contributed by atoms with Gasteiger partial charge in [0.2, 0.25) is 0 Å². The van der Waals surface area contributed by atoms with Crippen molar-refractivity contribution in [2.24, 2.45) is 0 Å².